The molecule has 0 bridgehead atoms. The first kappa shape index (κ1) is 29.8. The number of fused-ring (bicyclic) bond motifs is 2. The van der Waals surface area contributed by atoms with Crippen LogP contribution in [0.1, 0.15) is 24.0 Å². The zero-order chi connectivity index (χ0) is 31.4. The first-order valence-corrected chi connectivity index (χ1v) is 15.6. The lowest BCUT2D eigenvalue weighted by molar-refractivity contribution is -0.137. The Morgan fingerprint density at radius 1 is 1.11 bits per heavy atom. The van der Waals surface area contributed by atoms with Crippen molar-refractivity contribution in [2.75, 3.05) is 30.4 Å². The van der Waals surface area contributed by atoms with Gasteiger partial charge in [0.1, 0.15) is 6.07 Å². The van der Waals surface area contributed by atoms with Crippen molar-refractivity contribution in [3.05, 3.63) is 83.1 Å². The normalized spacial score (nSPS) is 20.0. The largest absolute Gasteiger partial charge is 0.417 e. The molecule has 14 heteroatoms. The number of rotatable bonds is 5. The van der Waals surface area contributed by atoms with Crippen LogP contribution < -0.4 is 10.2 Å². The predicted molar refractivity (Wildman–Crippen MR) is 159 cm³/mol. The van der Waals surface area contributed by atoms with E-state index in [9.17, 15) is 31.6 Å². The SMILES string of the molecule is CN(c1c(C#N)cnc2c1ccn2S(=O)(=O)c1ccccc1)C1CC2CN(C(=O)Nc3ccc(Cl)c(C(F)(F)F)c3)C[C@H]2C1. The number of carbonyl (C=O) groups is 1. The monoisotopic (exact) mass is 642 g/mol. The molecule has 1 aliphatic carbocycles. The molecule has 1 saturated heterocycles. The van der Waals surface area contributed by atoms with E-state index in [1.54, 1.807) is 29.2 Å². The lowest BCUT2D eigenvalue weighted by Gasteiger charge is -2.29. The number of carbonyl (C=O) groups excluding carboxylic acids is 1. The Kier molecular flexibility index (Phi) is 7.45. The van der Waals surface area contributed by atoms with Crippen LogP contribution in [-0.2, 0) is 16.2 Å². The molecule has 1 aliphatic heterocycles. The van der Waals surface area contributed by atoms with Crippen molar-refractivity contribution in [2.24, 2.45) is 11.8 Å². The number of benzene rings is 2. The Labute approximate surface area is 256 Å². The molecule has 2 unspecified atom stereocenters. The van der Waals surface area contributed by atoms with Crippen molar-refractivity contribution in [3.63, 3.8) is 0 Å². The topological polar surface area (TPSA) is 111 Å². The minimum Gasteiger partial charge on any atom is -0.370 e. The molecule has 2 fully saturated rings. The molecule has 3 atom stereocenters. The van der Waals surface area contributed by atoms with Crippen LogP contribution in [0.25, 0.3) is 11.0 Å². The van der Waals surface area contributed by atoms with Gasteiger partial charge in [-0.25, -0.2) is 22.2 Å². The first-order valence-electron chi connectivity index (χ1n) is 13.7. The fourth-order valence-electron chi connectivity index (χ4n) is 6.37. The number of hydrogen-bond donors (Lipinski definition) is 1. The molecule has 2 aromatic carbocycles. The third-order valence-corrected chi connectivity index (χ3v) is 10.5. The molecule has 2 amide bonds. The van der Waals surface area contributed by atoms with Crippen molar-refractivity contribution < 1.29 is 26.4 Å². The van der Waals surface area contributed by atoms with Gasteiger partial charge in [-0.05, 0) is 61.1 Å². The zero-order valence-corrected chi connectivity index (χ0v) is 24.9. The van der Waals surface area contributed by atoms with Crippen LogP contribution in [-0.4, -0.2) is 54.5 Å². The highest BCUT2D eigenvalue weighted by Gasteiger charge is 2.44. The maximum atomic E-state index is 13.4. The van der Waals surface area contributed by atoms with Crippen molar-refractivity contribution >= 4 is 50.1 Å². The number of amides is 2. The van der Waals surface area contributed by atoms with E-state index < -0.39 is 32.8 Å². The number of nitrogens with one attached hydrogen (secondary N) is 1. The molecule has 2 aliphatic rings. The third kappa shape index (κ3) is 5.22. The van der Waals surface area contributed by atoms with E-state index in [0.717, 1.165) is 16.1 Å². The molecule has 0 spiro atoms. The summed E-state index contributed by atoms with van der Waals surface area (Å²) in [5.74, 6) is 0.296. The molecule has 1 N–H and O–H groups in total. The second-order valence-corrected chi connectivity index (χ2v) is 13.3. The molecule has 1 saturated carbocycles. The molecule has 44 heavy (non-hydrogen) atoms. The van der Waals surface area contributed by atoms with Crippen LogP contribution >= 0.6 is 11.6 Å². The van der Waals surface area contributed by atoms with Gasteiger partial charge in [-0.2, -0.15) is 18.4 Å². The summed E-state index contributed by atoms with van der Waals surface area (Å²) in [6.45, 7) is 0.867. The van der Waals surface area contributed by atoms with Crippen molar-refractivity contribution in [3.8, 4) is 6.07 Å². The standard InChI is InChI=1S/C30H26ClF3N6O3S/c1-38(27-20(14-35)15-36-28-24(27)9-10-40(28)44(42,43)23-5-3-2-4-6-23)22-11-18-16-39(17-19(18)12-22)29(41)37-21-7-8-26(31)25(13-21)30(32,33)34/h2-10,13,15,18-19,22H,11-12,16-17H2,1H3,(H,37,41)/t18-,19?,22?/m1/s1. The number of nitriles is 1. The Hall–Kier alpha value is -4.28. The van der Waals surface area contributed by atoms with Crippen molar-refractivity contribution in [1.29, 1.82) is 5.26 Å². The van der Waals surface area contributed by atoms with Crippen LogP contribution in [0, 0.1) is 23.2 Å². The Bertz CT molecular complexity index is 1890. The summed E-state index contributed by atoms with van der Waals surface area (Å²) < 4.78 is 67.6. The zero-order valence-electron chi connectivity index (χ0n) is 23.3. The molecular weight excluding hydrogens is 617 g/mol. The Morgan fingerprint density at radius 3 is 2.43 bits per heavy atom. The number of hydrogen-bond acceptors (Lipinski definition) is 6. The van der Waals surface area contributed by atoms with Gasteiger partial charge in [-0.3, -0.25) is 0 Å². The molecule has 0 radical (unpaired) electrons. The lowest BCUT2D eigenvalue weighted by Crippen LogP contribution is -2.36. The highest BCUT2D eigenvalue weighted by atomic mass is 35.5. The maximum absolute atomic E-state index is 13.4. The molecule has 9 nitrogen and oxygen atoms in total. The summed E-state index contributed by atoms with van der Waals surface area (Å²) in [6.07, 6.45) is -0.400. The summed E-state index contributed by atoms with van der Waals surface area (Å²) in [5, 5.41) is 12.6. The minimum absolute atomic E-state index is 0.00704. The highest BCUT2D eigenvalue weighted by Crippen LogP contribution is 2.43. The van der Waals surface area contributed by atoms with Crippen LogP contribution in [0.4, 0.5) is 29.3 Å². The van der Waals surface area contributed by atoms with E-state index in [0.29, 0.717) is 42.6 Å². The molecule has 2 aromatic heterocycles. The number of halogens is 4. The van der Waals surface area contributed by atoms with E-state index in [-0.39, 0.29) is 34.1 Å². The van der Waals surface area contributed by atoms with Crippen LogP contribution in [0.3, 0.4) is 0 Å². The van der Waals surface area contributed by atoms with Crippen LogP contribution in [0.2, 0.25) is 5.02 Å². The van der Waals surface area contributed by atoms with E-state index in [4.69, 9.17) is 11.6 Å². The predicted octanol–water partition coefficient (Wildman–Crippen LogP) is 6.20. The lowest BCUT2D eigenvalue weighted by atomic mass is 10.0. The van der Waals surface area contributed by atoms with Gasteiger partial charge in [0.05, 0.1) is 26.7 Å². The third-order valence-electron chi connectivity index (χ3n) is 8.51. The first-order chi connectivity index (χ1) is 20.9. The quantitative estimate of drug-likeness (QED) is 0.278. The molecule has 228 valence electrons. The number of nitrogens with zero attached hydrogens (tertiary/aromatic N) is 5. The number of likely N-dealkylation sites (tertiary alicyclic amines) is 1. The average molecular weight is 643 g/mol. The van der Waals surface area contributed by atoms with Gasteiger partial charge in [0.25, 0.3) is 10.0 Å². The van der Waals surface area contributed by atoms with Crippen LogP contribution in [0.15, 0.2) is 71.9 Å². The van der Waals surface area contributed by atoms with Crippen LogP contribution in [0.5, 0.6) is 0 Å². The Morgan fingerprint density at radius 2 is 1.80 bits per heavy atom. The summed E-state index contributed by atoms with van der Waals surface area (Å²) >= 11 is 5.69. The van der Waals surface area contributed by atoms with Gasteiger partial charge in [0.2, 0.25) is 0 Å². The number of urea groups is 1. The maximum Gasteiger partial charge on any atom is 0.417 e. The van der Waals surface area contributed by atoms with E-state index in [1.807, 2.05) is 11.9 Å². The van der Waals surface area contributed by atoms with Crippen molar-refractivity contribution in [1.82, 2.24) is 13.9 Å². The van der Waals surface area contributed by atoms with E-state index in [2.05, 4.69) is 16.4 Å². The van der Waals surface area contributed by atoms with Gasteiger partial charge in [0, 0.05) is 49.6 Å². The second kappa shape index (κ2) is 11.0. The smallest absolute Gasteiger partial charge is 0.370 e. The summed E-state index contributed by atoms with van der Waals surface area (Å²) in [4.78, 5) is 21.0. The fraction of sp³-hybridized carbons (Fsp3) is 0.300. The summed E-state index contributed by atoms with van der Waals surface area (Å²) in [6, 6.07) is 14.6. The number of aromatic nitrogens is 2. The molecule has 6 rings (SSSR count). The van der Waals surface area contributed by atoms with Gasteiger partial charge >= 0.3 is 12.2 Å². The van der Waals surface area contributed by atoms with Gasteiger partial charge in [0.15, 0.2) is 5.65 Å². The molecular formula is C30H26ClF3N6O3S. The summed E-state index contributed by atoms with van der Waals surface area (Å²) in [7, 11) is -2.05. The number of alkyl halides is 3. The summed E-state index contributed by atoms with van der Waals surface area (Å²) in [5.41, 5.74) is 0.104. The Balaban J connectivity index is 1.18. The van der Waals surface area contributed by atoms with Gasteiger partial charge in [-0.1, -0.05) is 29.8 Å². The van der Waals surface area contributed by atoms with Gasteiger partial charge < -0.3 is 15.1 Å². The average Bonchev–Trinajstić information content (AvgIpc) is 3.71. The molecule has 4 aromatic rings. The van der Waals surface area contributed by atoms with Crippen molar-refractivity contribution in [2.45, 2.75) is 30.0 Å². The van der Waals surface area contributed by atoms with E-state index in [1.165, 1.54) is 30.6 Å². The molecule has 3 heterocycles. The van der Waals surface area contributed by atoms with E-state index >= 15 is 0 Å². The fourth-order valence-corrected chi connectivity index (χ4v) is 7.91. The number of pyridine rings is 1. The second-order valence-electron chi connectivity index (χ2n) is 11.1. The minimum atomic E-state index is -4.64. The van der Waals surface area contributed by atoms with Gasteiger partial charge in [-0.15, -0.1) is 0 Å². The highest BCUT2D eigenvalue weighted by molar-refractivity contribution is 7.90. The number of anilines is 2.